The molecule has 5 heteroatoms. The van der Waals surface area contributed by atoms with Crippen LogP contribution in [0.2, 0.25) is 5.15 Å². The number of hydrogen-bond acceptors (Lipinski definition) is 3. The highest BCUT2D eigenvalue weighted by Crippen LogP contribution is 2.28. The van der Waals surface area contributed by atoms with Crippen LogP contribution in [-0.4, -0.2) is 24.7 Å². The Balaban J connectivity index is 1.82. The lowest BCUT2D eigenvalue weighted by atomic mass is 10.1. The van der Waals surface area contributed by atoms with Crippen LogP contribution in [0.5, 0.6) is 0 Å². The third-order valence-electron chi connectivity index (χ3n) is 3.39. The lowest BCUT2D eigenvalue weighted by Gasteiger charge is -2.34. The first-order valence-electron chi connectivity index (χ1n) is 6.46. The Morgan fingerprint density at radius 1 is 1.30 bits per heavy atom. The molecule has 1 atom stereocenters. The van der Waals surface area contributed by atoms with Gasteiger partial charge < -0.3 is 9.64 Å². The molecule has 3 rings (SSSR count). The van der Waals surface area contributed by atoms with Crippen molar-refractivity contribution in [1.29, 1.82) is 0 Å². The summed E-state index contributed by atoms with van der Waals surface area (Å²) < 4.78 is 19.5. The second-order valence-electron chi connectivity index (χ2n) is 4.66. The van der Waals surface area contributed by atoms with Gasteiger partial charge in [-0.2, -0.15) is 0 Å². The van der Waals surface area contributed by atoms with Crippen molar-refractivity contribution in [3.63, 3.8) is 0 Å². The standard InChI is InChI=1S/C15H14ClFN2O/c16-15-9-11(5-6-18-15)19-7-8-20-14(10-19)12-3-1-2-4-13(12)17/h1-6,9,14H,7-8,10H2. The molecule has 0 N–H and O–H groups in total. The number of pyridine rings is 1. The number of morpholine rings is 1. The van der Waals surface area contributed by atoms with E-state index in [0.29, 0.717) is 23.9 Å². The van der Waals surface area contributed by atoms with Crippen LogP contribution >= 0.6 is 11.6 Å². The van der Waals surface area contributed by atoms with Gasteiger partial charge in [-0.15, -0.1) is 0 Å². The summed E-state index contributed by atoms with van der Waals surface area (Å²) in [5, 5.41) is 0.455. The topological polar surface area (TPSA) is 25.4 Å². The van der Waals surface area contributed by atoms with Gasteiger partial charge in [0, 0.05) is 30.5 Å². The van der Waals surface area contributed by atoms with Gasteiger partial charge in [-0.25, -0.2) is 9.37 Å². The van der Waals surface area contributed by atoms with E-state index in [1.54, 1.807) is 18.3 Å². The predicted octanol–water partition coefficient (Wildman–Crippen LogP) is 3.45. The van der Waals surface area contributed by atoms with Crippen molar-refractivity contribution in [2.45, 2.75) is 6.10 Å². The molecule has 0 amide bonds. The van der Waals surface area contributed by atoms with Gasteiger partial charge in [-0.3, -0.25) is 0 Å². The van der Waals surface area contributed by atoms with Crippen molar-refractivity contribution in [1.82, 2.24) is 4.98 Å². The zero-order valence-electron chi connectivity index (χ0n) is 10.8. The number of ether oxygens (including phenoxy) is 1. The van der Waals surface area contributed by atoms with Crippen LogP contribution in [0.1, 0.15) is 11.7 Å². The Morgan fingerprint density at radius 3 is 2.95 bits per heavy atom. The number of nitrogens with zero attached hydrogens (tertiary/aromatic N) is 2. The van der Waals surface area contributed by atoms with Crippen LogP contribution in [-0.2, 0) is 4.74 Å². The Morgan fingerprint density at radius 2 is 2.15 bits per heavy atom. The fourth-order valence-corrected chi connectivity index (χ4v) is 2.57. The van der Waals surface area contributed by atoms with Gasteiger partial charge in [-0.1, -0.05) is 29.8 Å². The van der Waals surface area contributed by atoms with Crippen LogP contribution in [0.3, 0.4) is 0 Å². The van der Waals surface area contributed by atoms with E-state index in [-0.39, 0.29) is 11.9 Å². The zero-order chi connectivity index (χ0) is 13.9. The van der Waals surface area contributed by atoms with Crippen LogP contribution < -0.4 is 4.90 Å². The van der Waals surface area contributed by atoms with Crippen LogP contribution in [0.15, 0.2) is 42.6 Å². The quantitative estimate of drug-likeness (QED) is 0.793. The van der Waals surface area contributed by atoms with Crippen molar-refractivity contribution in [2.24, 2.45) is 0 Å². The van der Waals surface area contributed by atoms with Crippen molar-refractivity contribution in [3.05, 3.63) is 59.1 Å². The summed E-state index contributed by atoms with van der Waals surface area (Å²) in [5.41, 5.74) is 1.58. The average molecular weight is 293 g/mol. The first-order chi connectivity index (χ1) is 9.74. The van der Waals surface area contributed by atoms with E-state index in [2.05, 4.69) is 9.88 Å². The molecule has 1 fully saturated rings. The molecule has 1 unspecified atom stereocenters. The molecule has 0 aliphatic carbocycles. The normalized spacial score (nSPS) is 19.1. The molecule has 0 bridgehead atoms. The van der Waals surface area contributed by atoms with Gasteiger partial charge in [-0.05, 0) is 18.2 Å². The molecular formula is C15H14ClFN2O. The van der Waals surface area contributed by atoms with Gasteiger partial charge in [0.25, 0.3) is 0 Å². The van der Waals surface area contributed by atoms with Crippen molar-refractivity contribution in [3.8, 4) is 0 Å². The van der Waals surface area contributed by atoms with Gasteiger partial charge >= 0.3 is 0 Å². The molecule has 0 saturated carbocycles. The van der Waals surface area contributed by atoms with Crippen LogP contribution in [0.25, 0.3) is 0 Å². The van der Waals surface area contributed by atoms with Gasteiger partial charge in [0.1, 0.15) is 17.1 Å². The summed E-state index contributed by atoms with van der Waals surface area (Å²) in [7, 11) is 0. The Bertz CT molecular complexity index is 608. The molecule has 20 heavy (non-hydrogen) atoms. The number of rotatable bonds is 2. The maximum absolute atomic E-state index is 13.8. The zero-order valence-corrected chi connectivity index (χ0v) is 11.6. The monoisotopic (exact) mass is 292 g/mol. The summed E-state index contributed by atoms with van der Waals surface area (Å²) in [5.74, 6) is -0.230. The molecule has 3 nitrogen and oxygen atoms in total. The number of anilines is 1. The Hall–Kier alpha value is -1.65. The lowest BCUT2D eigenvalue weighted by Crippen LogP contribution is -2.38. The van der Waals surface area contributed by atoms with E-state index in [9.17, 15) is 4.39 Å². The number of halogens is 2. The third-order valence-corrected chi connectivity index (χ3v) is 3.60. The van der Waals surface area contributed by atoms with E-state index in [1.165, 1.54) is 6.07 Å². The predicted molar refractivity (Wildman–Crippen MR) is 76.6 cm³/mol. The summed E-state index contributed by atoms with van der Waals surface area (Å²) in [6.07, 6.45) is 1.41. The SMILES string of the molecule is Fc1ccccc1C1CN(c2ccnc(Cl)c2)CCO1. The van der Waals surface area contributed by atoms with E-state index in [4.69, 9.17) is 16.3 Å². The number of benzene rings is 1. The molecule has 1 aromatic carbocycles. The Labute approximate surface area is 122 Å². The lowest BCUT2D eigenvalue weighted by molar-refractivity contribution is 0.0375. The average Bonchev–Trinajstić information content (AvgIpc) is 2.48. The molecule has 0 spiro atoms. The molecule has 1 saturated heterocycles. The summed E-state index contributed by atoms with van der Waals surface area (Å²) in [6, 6.07) is 10.4. The molecule has 1 aromatic heterocycles. The van der Waals surface area contributed by atoms with Gasteiger partial charge in [0.15, 0.2) is 0 Å². The molecule has 1 aliphatic heterocycles. The fraction of sp³-hybridized carbons (Fsp3) is 0.267. The van der Waals surface area contributed by atoms with E-state index >= 15 is 0 Å². The van der Waals surface area contributed by atoms with E-state index < -0.39 is 0 Å². The van der Waals surface area contributed by atoms with Crippen molar-refractivity contribution >= 4 is 17.3 Å². The maximum atomic E-state index is 13.8. The van der Waals surface area contributed by atoms with E-state index in [0.717, 1.165) is 12.2 Å². The maximum Gasteiger partial charge on any atom is 0.131 e. The van der Waals surface area contributed by atoms with Crippen molar-refractivity contribution < 1.29 is 9.13 Å². The second kappa shape index (κ2) is 5.77. The van der Waals surface area contributed by atoms with Crippen LogP contribution in [0.4, 0.5) is 10.1 Å². The molecule has 2 heterocycles. The summed E-state index contributed by atoms with van der Waals surface area (Å²) in [6.45, 7) is 1.91. The van der Waals surface area contributed by atoms with Crippen LogP contribution in [0, 0.1) is 5.82 Å². The molecule has 104 valence electrons. The third kappa shape index (κ3) is 2.76. The fourth-order valence-electron chi connectivity index (χ4n) is 2.40. The van der Waals surface area contributed by atoms with Gasteiger partial charge in [0.2, 0.25) is 0 Å². The second-order valence-corrected chi connectivity index (χ2v) is 5.05. The molecule has 2 aromatic rings. The number of hydrogen-bond donors (Lipinski definition) is 0. The largest absolute Gasteiger partial charge is 0.370 e. The minimum Gasteiger partial charge on any atom is -0.370 e. The minimum absolute atomic E-state index is 0.230. The first kappa shape index (κ1) is 13.3. The molecule has 0 radical (unpaired) electrons. The smallest absolute Gasteiger partial charge is 0.131 e. The highest BCUT2D eigenvalue weighted by Gasteiger charge is 2.24. The Kier molecular flexibility index (Phi) is 3.85. The summed E-state index contributed by atoms with van der Waals surface area (Å²) >= 11 is 5.91. The number of aromatic nitrogens is 1. The minimum atomic E-state index is -0.267. The molecule has 1 aliphatic rings. The highest BCUT2D eigenvalue weighted by atomic mass is 35.5. The first-order valence-corrected chi connectivity index (χ1v) is 6.84. The van der Waals surface area contributed by atoms with E-state index in [1.807, 2.05) is 18.2 Å². The molecular weight excluding hydrogens is 279 g/mol. The van der Waals surface area contributed by atoms with Crippen molar-refractivity contribution in [2.75, 3.05) is 24.6 Å². The summed E-state index contributed by atoms with van der Waals surface area (Å²) in [4.78, 5) is 6.11. The highest BCUT2D eigenvalue weighted by molar-refractivity contribution is 6.29. The van der Waals surface area contributed by atoms with Gasteiger partial charge in [0.05, 0.1) is 6.61 Å².